The molecule has 1 aromatic heterocycles. The Bertz CT molecular complexity index is 951. The van der Waals surface area contributed by atoms with Crippen LogP contribution >= 0.6 is 11.3 Å². The van der Waals surface area contributed by atoms with Gasteiger partial charge in [-0.1, -0.05) is 53.8 Å². The molecule has 138 valence electrons. The largest absolute Gasteiger partial charge is 0.301 e. The van der Waals surface area contributed by atoms with Gasteiger partial charge in [0.15, 0.2) is 5.78 Å². The first-order valence-corrected chi connectivity index (χ1v) is 9.59. The number of Topliss-reactive ketones (excluding diaryl/α,β-unsaturated/α-hetero) is 1. The molecule has 0 aliphatic carbocycles. The zero-order chi connectivity index (χ0) is 19.2. The van der Waals surface area contributed by atoms with Crippen LogP contribution in [0.3, 0.4) is 0 Å². The Hall–Kier alpha value is -2.86. The van der Waals surface area contributed by atoms with Crippen LogP contribution in [0, 0.1) is 13.8 Å². The summed E-state index contributed by atoms with van der Waals surface area (Å²) in [5.41, 5.74) is 4.01. The third-order valence-electron chi connectivity index (χ3n) is 4.32. The minimum absolute atomic E-state index is 0.0321. The number of aryl methyl sites for hydroxylation is 2. The molecule has 0 fully saturated rings. The molecule has 6 heteroatoms. The summed E-state index contributed by atoms with van der Waals surface area (Å²) in [6.07, 6.45) is 0.975. The molecular formula is C21H21N3O2S. The van der Waals surface area contributed by atoms with E-state index in [2.05, 4.69) is 15.5 Å². The first kappa shape index (κ1) is 18.9. The van der Waals surface area contributed by atoms with E-state index in [1.54, 1.807) is 0 Å². The van der Waals surface area contributed by atoms with Crippen molar-refractivity contribution in [2.24, 2.45) is 0 Å². The number of aromatic nitrogens is 2. The van der Waals surface area contributed by atoms with E-state index in [-0.39, 0.29) is 24.5 Å². The molecule has 0 atom stereocenters. The Morgan fingerprint density at radius 3 is 2.48 bits per heavy atom. The van der Waals surface area contributed by atoms with E-state index < -0.39 is 0 Å². The summed E-state index contributed by atoms with van der Waals surface area (Å²) >= 11 is 1.35. The quantitative estimate of drug-likeness (QED) is 0.620. The first-order valence-electron chi connectivity index (χ1n) is 8.78. The van der Waals surface area contributed by atoms with Gasteiger partial charge in [0.25, 0.3) is 0 Å². The van der Waals surface area contributed by atoms with Crippen molar-refractivity contribution in [3.05, 3.63) is 75.8 Å². The van der Waals surface area contributed by atoms with Gasteiger partial charge >= 0.3 is 0 Å². The van der Waals surface area contributed by atoms with E-state index in [9.17, 15) is 9.59 Å². The first-order chi connectivity index (χ1) is 13.0. The van der Waals surface area contributed by atoms with Crippen molar-refractivity contribution in [2.75, 3.05) is 5.32 Å². The highest BCUT2D eigenvalue weighted by Crippen LogP contribution is 2.19. The number of anilines is 1. The number of hydrogen-bond acceptors (Lipinski definition) is 5. The van der Waals surface area contributed by atoms with E-state index in [4.69, 9.17) is 0 Å². The third-order valence-corrected chi connectivity index (χ3v) is 5.16. The van der Waals surface area contributed by atoms with Crippen LogP contribution in [-0.2, 0) is 11.2 Å². The van der Waals surface area contributed by atoms with Crippen molar-refractivity contribution in [1.29, 1.82) is 0 Å². The second kappa shape index (κ2) is 8.68. The van der Waals surface area contributed by atoms with Crippen molar-refractivity contribution >= 4 is 28.2 Å². The zero-order valence-electron chi connectivity index (χ0n) is 15.4. The van der Waals surface area contributed by atoms with Crippen LogP contribution in [0.4, 0.5) is 5.13 Å². The summed E-state index contributed by atoms with van der Waals surface area (Å²) in [6.45, 7) is 3.98. The van der Waals surface area contributed by atoms with Crippen molar-refractivity contribution < 1.29 is 9.59 Å². The lowest BCUT2D eigenvalue weighted by Crippen LogP contribution is -2.13. The molecule has 0 saturated carbocycles. The van der Waals surface area contributed by atoms with Crippen LogP contribution in [0.25, 0.3) is 0 Å². The van der Waals surface area contributed by atoms with Gasteiger partial charge in [0.2, 0.25) is 11.0 Å². The summed E-state index contributed by atoms with van der Waals surface area (Å²) in [5, 5.41) is 12.2. The number of nitrogens with one attached hydrogen (secondary N) is 1. The summed E-state index contributed by atoms with van der Waals surface area (Å²) in [6, 6.07) is 15.6. The Morgan fingerprint density at radius 1 is 0.963 bits per heavy atom. The van der Waals surface area contributed by atoms with Crippen molar-refractivity contribution in [3.8, 4) is 0 Å². The van der Waals surface area contributed by atoms with Gasteiger partial charge in [-0.2, -0.15) is 0 Å². The van der Waals surface area contributed by atoms with Crippen molar-refractivity contribution in [1.82, 2.24) is 10.2 Å². The third kappa shape index (κ3) is 5.31. The van der Waals surface area contributed by atoms with Crippen LogP contribution in [-0.4, -0.2) is 21.9 Å². The van der Waals surface area contributed by atoms with Crippen molar-refractivity contribution in [3.63, 3.8) is 0 Å². The molecule has 0 spiro atoms. The minimum Gasteiger partial charge on any atom is -0.301 e. The molecule has 0 unspecified atom stereocenters. The lowest BCUT2D eigenvalue weighted by atomic mass is 10.0. The Labute approximate surface area is 162 Å². The Balaban J connectivity index is 1.50. The fourth-order valence-electron chi connectivity index (χ4n) is 2.61. The van der Waals surface area contributed by atoms with E-state index in [1.165, 1.54) is 11.3 Å². The second-order valence-corrected chi connectivity index (χ2v) is 7.50. The molecule has 0 bridgehead atoms. The Kier molecular flexibility index (Phi) is 6.08. The molecule has 0 radical (unpaired) electrons. The highest BCUT2D eigenvalue weighted by atomic mass is 32.1. The number of benzene rings is 2. The van der Waals surface area contributed by atoms with Crippen LogP contribution < -0.4 is 5.32 Å². The fraction of sp³-hybridized carbons (Fsp3) is 0.238. The second-order valence-electron chi connectivity index (χ2n) is 6.43. The molecular weight excluding hydrogens is 358 g/mol. The molecule has 3 aromatic rings. The van der Waals surface area contributed by atoms with Crippen LogP contribution in [0.2, 0.25) is 0 Å². The highest BCUT2D eigenvalue weighted by Gasteiger charge is 2.12. The minimum atomic E-state index is -0.227. The maximum absolute atomic E-state index is 12.3. The number of nitrogens with zero attached hydrogens (tertiary/aromatic N) is 2. The van der Waals surface area contributed by atoms with Gasteiger partial charge in [0.1, 0.15) is 5.01 Å². The monoisotopic (exact) mass is 379 g/mol. The van der Waals surface area contributed by atoms with Crippen LogP contribution in [0.5, 0.6) is 0 Å². The maximum atomic E-state index is 12.3. The van der Waals surface area contributed by atoms with Gasteiger partial charge < -0.3 is 5.32 Å². The van der Waals surface area contributed by atoms with E-state index in [0.717, 1.165) is 21.7 Å². The molecule has 1 heterocycles. The van der Waals surface area contributed by atoms with Crippen LogP contribution in [0.15, 0.2) is 48.5 Å². The normalized spacial score (nSPS) is 10.6. The lowest BCUT2D eigenvalue weighted by Gasteiger charge is -2.05. The Morgan fingerprint density at radius 2 is 1.74 bits per heavy atom. The average Bonchev–Trinajstić information content (AvgIpc) is 3.09. The van der Waals surface area contributed by atoms with Gasteiger partial charge in [0.05, 0.1) is 0 Å². The van der Waals surface area contributed by atoms with Gasteiger partial charge in [-0.3, -0.25) is 9.59 Å². The number of amides is 1. The predicted octanol–water partition coefficient (Wildman–Crippen LogP) is 4.35. The van der Waals surface area contributed by atoms with Gasteiger partial charge in [-0.15, -0.1) is 10.2 Å². The van der Waals surface area contributed by atoms with Gasteiger partial charge in [-0.25, -0.2) is 0 Å². The number of carbonyl (C=O) groups excluding carboxylic acids is 2. The number of carbonyl (C=O) groups is 2. The molecule has 1 N–H and O–H groups in total. The molecule has 1 amide bonds. The van der Waals surface area contributed by atoms with Crippen LogP contribution in [0.1, 0.15) is 44.9 Å². The zero-order valence-corrected chi connectivity index (χ0v) is 16.2. The molecule has 0 aliphatic heterocycles. The fourth-order valence-corrected chi connectivity index (χ4v) is 3.40. The smallest absolute Gasteiger partial charge is 0.226 e. The van der Waals surface area contributed by atoms with Gasteiger partial charge in [-0.05, 0) is 36.6 Å². The topological polar surface area (TPSA) is 72.0 Å². The highest BCUT2D eigenvalue weighted by molar-refractivity contribution is 7.15. The average molecular weight is 379 g/mol. The van der Waals surface area contributed by atoms with Crippen molar-refractivity contribution in [2.45, 2.75) is 33.1 Å². The van der Waals surface area contributed by atoms with Gasteiger partial charge in [0, 0.05) is 24.8 Å². The number of hydrogen-bond donors (Lipinski definition) is 1. The molecule has 5 nitrogen and oxygen atoms in total. The number of rotatable bonds is 7. The van der Waals surface area contributed by atoms with E-state index in [1.807, 2.05) is 62.4 Å². The van der Waals surface area contributed by atoms with E-state index in [0.29, 0.717) is 17.1 Å². The number of ketones is 1. The lowest BCUT2D eigenvalue weighted by molar-refractivity contribution is -0.116. The summed E-state index contributed by atoms with van der Waals surface area (Å²) in [4.78, 5) is 24.4. The predicted molar refractivity (Wildman–Crippen MR) is 107 cm³/mol. The maximum Gasteiger partial charge on any atom is 0.226 e. The summed E-state index contributed by atoms with van der Waals surface area (Å²) in [7, 11) is 0. The molecule has 3 rings (SSSR count). The van der Waals surface area contributed by atoms with E-state index >= 15 is 0 Å². The summed E-state index contributed by atoms with van der Waals surface area (Å²) in [5.74, 6) is -0.259. The summed E-state index contributed by atoms with van der Waals surface area (Å²) < 4.78 is 0. The molecule has 0 aliphatic rings. The molecule has 2 aromatic carbocycles. The molecule has 27 heavy (non-hydrogen) atoms. The standard InChI is InChI=1S/C21H21N3O2S/c1-14-8-9-17(12-15(14)2)18(25)10-11-19(26)22-21-24-23-20(27-21)13-16-6-4-3-5-7-16/h3-9,12H,10-11,13H2,1-2H3,(H,22,24,26). The SMILES string of the molecule is Cc1ccc(C(=O)CCC(=O)Nc2nnc(Cc3ccccc3)s2)cc1C. The molecule has 0 saturated heterocycles.